The first-order chi connectivity index (χ1) is 13.3. The lowest BCUT2D eigenvalue weighted by atomic mass is 9.96. The molecule has 0 radical (unpaired) electrons. The maximum Gasteiger partial charge on any atom is 0.253 e. The van der Waals surface area contributed by atoms with Crippen molar-refractivity contribution in [3.63, 3.8) is 0 Å². The molecule has 5 nitrogen and oxygen atoms in total. The number of carbonyl (C=O) groups is 1. The molecule has 1 saturated heterocycles. The Labute approximate surface area is 161 Å². The lowest BCUT2D eigenvalue weighted by Gasteiger charge is -2.42. The Hall–Kier alpha value is -2.24. The number of pyridine rings is 1. The van der Waals surface area contributed by atoms with Crippen molar-refractivity contribution in [2.24, 2.45) is 0 Å². The maximum atomic E-state index is 13.5. The number of likely N-dealkylation sites (N-methyl/N-ethyl adjacent to an activating group) is 1. The fraction of sp³-hybridized carbons (Fsp3) is 0.455. The van der Waals surface area contributed by atoms with E-state index < -0.39 is 6.10 Å². The molecule has 2 aromatic rings. The van der Waals surface area contributed by atoms with Crippen LogP contribution in [0.1, 0.15) is 36.9 Å². The van der Waals surface area contributed by atoms with E-state index in [0.717, 1.165) is 12.1 Å². The molecule has 0 N–H and O–H groups in total. The van der Waals surface area contributed by atoms with Crippen molar-refractivity contribution < 1.29 is 9.53 Å². The quantitative estimate of drug-likeness (QED) is 0.789. The van der Waals surface area contributed by atoms with Gasteiger partial charge in [0.25, 0.3) is 5.91 Å². The molecule has 5 heteroatoms. The van der Waals surface area contributed by atoms with Crippen LogP contribution in [0.4, 0.5) is 0 Å². The minimum absolute atomic E-state index is 0.00793. The molecule has 2 atom stereocenters. The van der Waals surface area contributed by atoms with Crippen LogP contribution in [0.5, 0.6) is 0 Å². The summed E-state index contributed by atoms with van der Waals surface area (Å²) in [6, 6.07) is 14.9. The highest BCUT2D eigenvalue weighted by atomic mass is 16.5. The summed E-state index contributed by atoms with van der Waals surface area (Å²) in [6.07, 6.45) is 5.53. The Morgan fingerprint density at radius 2 is 1.93 bits per heavy atom. The standard InChI is InChI=1S/C22H27N3O2/c1-2-24(16-17-10-12-23-13-11-17)22(26)21-20(18-6-4-3-5-7-18)25(14-15-27-21)19-8-9-19/h3-7,10-13,19-21H,2,8-9,14-16H2,1H3/t20-,21+/m0/s1. The summed E-state index contributed by atoms with van der Waals surface area (Å²) in [4.78, 5) is 21.9. The molecule has 0 spiro atoms. The number of carbonyl (C=O) groups excluding carboxylic acids is 1. The number of rotatable bonds is 6. The van der Waals surface area contributed by atoms with Crippen LogP contribution in [0.25, 0.3) is 0 Å². The zero-order valence-electron chi connectivity index (χ0n) is 15.8. The van der Waals surface area contributed by atoms with Gasteiger partial charge in [-0.2, -0.15) is 0 Å². The van der Waals surface area contributed by atoms with E-state index in [2.05, 4.69) is 22.0 Å². The fourth-order valence-electron chi connectivity index (χ4n) is 3.96. The lowest BCUT2D eigenvalue weighted by Crippen LogP contribution is -2.53. The van der Waals surface area contributed by atoms with Crippen molar-refractivity contribution in [3.8, 4) is 0 Å². The van der Waals surface area contributed by atoms with Crippen LogP contribution in [0, 0.1) is 0 Å². The molecule has 2 fully saturated rings. The van der Waals surface area contributed by atoms with Crippen LogP contribution in [0.2, 0.25) is 0 Å². The van der Waals surface area contributed by atoms with Gasteiger partial charge in [-0.3, -0.25) is 14.7 Å². The third-order valence-electron chi connectivity index (χ3n) is 5.51. The van der Waals surface area contributed by atoms with Gasteiger partial charge in [-0.15, -0.1) is 0 Å². The summed E-state index contributed by atoms with van der Waals surface area (Å²) in [7, 11) is 0. The molecule has 2 heterocycles. The van der Waals surface area contributed by atoms with Crippen molar-refractivity contribution in [3.05, 3.63) is 66.0 Å². The molecule has 1 saturated carbocycles. The van der Waals surface area contributed by atoms with E-state index >= 15 is 0 Å². The van der Waals surface area contributed by atoms with Gasteiger partial charge in [0.15, 0.2) is 6.10 Å². The summed E-state index contributed by atoms with van der Waals surface area (Å²) < 4.78 is 6.09. The smallest absolute Gasteiger partial charge is 0.253 e. The maximum absolute atomic E-state index is 13.5. The Bertz CT molecular complexity index is 749. The molecular formula is C22H27N3O2. The second-order valence-corrected chi connectivity index (χ2v) is 7.32. The minimum atomic E-state index is -0.455. The van der Waals surface area contributed by atoms with Gasteiger partial charge in [0, 0.05) is 38.1 Å². The summed E-state index contributed by atoms with van der Waals surface area (Å²) in [5.41, 5.74) is 2.26. The molecule has 2 aliphatic rings. The normalized spacial score (nSPS) is 23.1. The number of morpholine rings is 1. The monoisotopic (exact) mass is 365 g/mol. The first-order valence-corrected chi connectivity index (χ1v) is 9.88. The van der Waals surface area contributed by atoms with Crippen LogP contribution in [0.3, 0.4) is 0 Å². The van der Waals surface area contributed by atoms with Crippen LogP contribution < -0.4 is 0 Å². The van der Waals surface area contributed by atoms with Crippen LogP contribution >= 0.6 is 0 Å². The van der Waals surface area contributed by atoms with Crippen LogP contribution in [0.15, 0.2) is 54.9 Å². The molecule has 1 aromatic carbocycles. The van der Waals surface area contributed by atoms with Gasteiger partial charge < -0.3 is 9.64 Å². The van der Waals surface area contributed by atoms with Crippen molar-refractivity contribution in [2.75, 3.05) is 19.7 Å². The zero-order chi connectivity index (χ0) is 18.6. The molecule has 27 heavy (non-hydrogen) atoms. The van der Waals surface area contributed by atoms with Crippen molar-refractivity contribution >= 4 is 5.91 Å². The highest BCUT2D eigenvalue weighted by molar-refractivity contribution is 5.82. The number of hydrogen-bond acceptors (Lipinski definition) is 4. The van der Waals surface area contributed by atoms with Gasteiger partial charge in [0.05, 0.1) is 12.6 Å². The van der Waals surface area contributed by atoms with E-state index in [-0.39, 0.29) is 11.9 Å². The molecule has 4 rings (SSSR count). The van der Waals surface area contributed by atoms with Gasteiger partial charge in [-0.25, -0.2) is 0 Å². The predicted molar refractivity (Wildman–Crippen MR) is 104 cm³/mol. The lowest BCUT2D eigenvalue weighted by molar-refractivity contribution is -0.157. The van der Waals surface area contributed by atoms with E-state index in [9.17, 15) is 4.79 Å². The molecule has 0 unspecified atom stereocenters. The molecule has 1 aromatic heterocycles. The zero-order valence-corrected chi connectivity index (χ0v) is 15.8. The molecule has 142 valence electrons. The topological polar surface area (TPSA) is 45.7 Å². The fourth-order valence-corrected chi connectivity index (χ4v) is 3.96. The Morgan fingerprint density at radius 1 is 1.19 bits per heavy atom. The van der Waals surface area contributed by atoms with Gasteiger partial charge in [0.1, 0.15) is 0 Å². The molecule has 1 aliphatic heterocycles. The molecular weight excluding hydrogens is 338 g/mol. The Morgan fingerprint density at radius 3 is 2.59 bits per heavy atom. The number of amides is 1. The van der Waals surface area contributed by atoms with E-state index in [1.165, 1.54) is 18.4 Å². The first-order valence-electron chi connectivity index (χ1n) is 9.88. The summed E-state index contributed by atoms with van der Waals surface area (Å²) in [5.74, 6) is 0.0773. The summed E-state index contributed by atoms with van der Waals surface area (Å²) in [5, 5.41) is 0. The van der Waals surface area contributed by atoms with Gasteiger partial charge in [-0.1, -0.05) is 30.3 Å². The van der Waals surface area contributed by atoms with Crippen LogP contribution in [-0.2, 0) is 16.1 Å². The Balaban J connectivity index is 1.59. The predicted octanol–water partition coefficient (Wildman–Crippen LogP) is 3.03. The van der Waals surface area contributed by atoms with Gasteiger partial charge >= 0.3 is 0 Å². The van der Waals surface area contributed by atoms with Crippen molar-refractivity contribution in [1.29, 1.82) is 0 Å². The summed E-state index contributed by atoms with van der Waals surface area (Å²) >= 11 is 0. The van der Waals surface area contributed by atoms with E-state index in [4.69, 9.17) is 4.74 Å². The molecule has 1 aliphatic carbocycles. The SMILES string of the molecule is CCN(Cc1ccncc1)C(=O)[C@@H]1OCCN(C2CC2)[C@H]1c1ccccc1. The number of aromatic nitrogens is 1. The van der Waals surface area contributed by atoms with E-state index in [1.807, 2.05) is 42.2 Å². The number of benzene rings is 1. The van der Waals surface area contributed by atoms with Gasteiger partial charge in [0.2, 0.25) is 0 Å². The largest absolute Gasteiger partial charge is 0.365 e. The third-order valence-corrected chi connectivity index (χ3v) is 5.51. The minimum Gasteiger partial charge on any atom is -0.365 e. The highest BCUT2D eigenvalue weighted by Crippen LogP contribution is 2.39. The highest BCUT2D eigenvalue weighted by Gasteiger charge is 2.44. The van der Waals surface area contributed by atoms with Crippen LogP contribution in [-0.4, -0.2) is 52.5 Å². The average molecular weight is 365 g/mol. The van der Waals surface area contributed by atoms with E-state index in [1.54, 1.807) is 12.4 Å². The number of ether oxygens (including phenoxy) is 1. The summed E-state index contributed by atoms with van der Waals surface area (Å²) in [6.45, 7) is 4.78. The Kier molecular flexibility index (Phi) is 5.50. The number of nitrogens with zero attached hydrogens (tertiary/aromatic N) is 3. The first kappa shape index (κ1) is 18.1. The second-order valence-electron chi connectivity index (χ2n) is 7.32. The molecule has 0 bridgehead atoms. The number of hydrogen-bond donors (Lipinski definition) is 0. The van der Waals surface area contributed by atoms with E-state index in [0.29, 0.717) is 25.7 Å². The second kappa shape index (κ2) is 8.19. The average Bonchev–Trinajstić information content (AvgIpc) is 3.58. The molecule has 1 amide bonds. The third kappa shape index (κ3) is 4.04. The van der Waals surface area contributed by atoms with Crippen molar-refractivity contribution in [1.82, 2.24) is 14.8 Å². The van der Waals surface area contributed by atoms with Gasteiger partial charge in [-0.05, 0) is 43.0 Å². The van der Waals surface area contributed by atoms with Crippen molar-refractivity contribution in [2.45, 2.75) is 44.5 Å².